The lowest BCUT2D eigenvalue weighted by Gasteiger charge is -2.00. The zero-order valence-corrected chi connectivity index (χ0v) is 11.5. The van der Waals surface area contributed by atoms with Crippen molar-refractivity contribution in [2.24, 2.45) is 0 Å². The van der Waals surface area contributed by atoms with Gasteiger partial charge in [-0.1, -0.05) is 24.3 Å². The van der Waals surface area contributed by atoms with Crippen molar-refractivity contribution in [2.45, 2.75) is 6.92 Å². The Morgan fingerprint density at radius 3 is 2.71 bits per heavy atom. The van der Waals surface area contributed by atoms with Gasteiger partial charge in [-0.05, 0) is 42.1 Å². The van der Waals surface area contributed by atoms with E-state index in [9.17, 15) is 4.79 Å². The number of benzene rings is 2. The smallest absolute Gasteiger partial charge is 0.259 e. The molecule has 0 atom stereocenters. The van der Waals surface area contributed by atoms with E-state index in [1.165, 1.54) is 0 Å². The van der Waals surface area contributed by atoms with E-state index in [1.54, 1.807) is 0 Å². The number of nitrogens with one attached hydrogen (secondary N) is 2. The number of pyridine rings is 1. The van der Waals surface area contributed by atoms with Crippen LogP contribution in [0.4, 0.5) is 0 Å². The summed E-state index contributed by atoms with van der Waals surface area (Å²) in [5, 5.41) is 0.990. The number of aryl methyl sites for hydroxylation is 1. The Morgan fingerprint density at radius 1 is 0.952 bits per heavy atom. The lowest BCUT2D eigenvalue weighted by atomic mass is 10.1. The van der Waals surface area contributed by atoms with Crippen LogP contribution in [0.15, 0.2) is 53.3 Å². The Labute approximate surface area is 120 Å². The van der Waals surface area contributed by atoms with Crippen molar-refractivity contribution < 1.29 is 0 Å². The lowest BCUT2D eigenvalue weighted by molar-refractivity contribution is 1.25. The Hall–Kier alpha value is -2.88. The van der Waals surface area contributed by atoms with E-state index < -0.39 is 0 Å². The zero-order valence-electron chi connectivity index (χ0n) is 11.5. The van der Waals surface area contributed by atoms with Gasteiger partial charge in [-0.2, -0.15) is 0 Å². The van der Waals surface area contributed by atoms with Gasteiger partial charge in [-0.15, -0.1) is 0 Å². The fraction of sp³-hybridized carbons (Fsp3) is 0.0588. The largest absolute Gasteiger partial charge is 0.338 e. The number of hydrogen-bond donors (Lipinski definition) is 2. The van der Waals surface area contributed by atoms with Crippen LogP contribution in [0.3, 0.4) is 0 Å². The van der Waals surface area contributed by atoms with Crippen molar-refractivity contribution >= 4 is 21.9 Å². The number of nitrogens with zero attached hydrogens (tertiary/aromatic N) is 1. The molecule has 0 aliphatic carbocycles. The number of rotatable bonds is 1. The normalized spacial score (nSPS) is 11.3. The predicted molar refractivity (Wildman–Crippen MR) is 84.4 cm³/mol. The molecule has 4 nitrogen and oxygen atoms in total. The average molecular weight is 275 g/mol. The summed E-state index contributed by atoms with van der Waals surface area (Å²) in [5.74, 6) is 0.600. The first-order chi connectivity index (χ1) is 10.2. The molecular weight excluding hydrogens is 262 g/mol. The Bertz CT molecular complexity index is 1030. The molecule has 0 saturated carbocycles. The molecule has 0 unspecified atom stereocenters. The number of fused-ring (bicyclic) bond motifs is 2. The number of aromatic nitrogens is 3. The molecule has 2 aromatic heterocycles. The molecular formula is C17H13N3O. The van der Waals surface area contributed by atoms with E-state index >= 15 is 0 Å². The van der Waals surface area contributed by atoms with Gasteiger partial charge in [0.2, 0.25) is 0 Å². The zero-order chi connectivity index (χ0) is 14.4. The fourth-order valence-corrected chi connectivity index (χ4v) is 2.57. The summed E-state index contributed by atoms with van der Waals surface area (Å²) < 4.78 is 0. The summed E-state index contributed by atoms with van der Waals surface area (Å²) in [6.45, 7) is 2.02. The third-order valence-electron chi connectivity index (χ3n) is 3.65. The van der Waals surface area contributed by atoms with Crippen LogP contribution in [-0.2, 0) is 0 Å². The van der Waals surface area contributed by atoms with Crippen molar-refractivity contribution in [3.05, 3.63) is 64.4 Å². The minimum absolute atomic E-state index is 0.135. The highest BCUT2D eigenvalue weighted by atomic mass is 16.1. The van der Waals surface area contributed by atoms with Crippen LogP contribution in [0.5, 0.6) is 0 Å². The molecule has 2 heterocycles. The van der Waals surface area contributed by atoms with Crippen molar-refractivity contribution in [1.82, 2.24) is 15.0 Å². The molecule has 4 aromatic rings. The summed E-state index contributed by atoms with van der Waals surface area (Å²) >= 11 is 0. The second kappa shape index (κ2) is 4.31. The summed E-state index contributed by atoms with van der Waals surface area (Å²) in [6, 6.07) is 15.6. The van der Waals surface area contributed by atoms with E-state index in [1.807, 2.05) is 55.5 Å². The number of para-hydroxylation sites is 1. The first-order valence-corrected chi connectivity index (χ1v) is 6.79. The standard InChI is InChI=1S/C17H13N3O/c1-10-6-7-14-15(8-10)19-16(18-14)12-9-11-4-2-3-5-13(11)20-17(12)21/h2-9H,1H3,(H,18,19)(H,20,21). The summed E-state index contributed by atoms with van der Waals surface area (Å²) in [6.07, 6.45) is 0. The topological polar surface area (TPSA) is 61.5 Å². The van der Waals surface area contributed by atoms with Crippen LogP contribution in [0, 0.1) is 6.92 Å². The van der Waals surface area contributed by atoms with Crippen LogP contribution in [0.25, 0.3) is 33.3 Å². The average Bonchev–Trinajstić information content (AvgIpc) is 2.89. The molecule has 0 spiro atoms. The predicted octanol–water partition coefficient (Wildman–Crippen LogP) is 3.38. The van der Waals surface area contributed by atoms with Crippen LogP contribution >= 0.6 is 0 Å². The monoisotopic (exact) mass is 275 g/mol. The van der Waals surface area contributed by atoms with Gasteiger partial charge in [0.15, 0.2) is 0 Å². The summed E-state index contributed by atoms with van der Waals surface area (Å²) in [7, 11) is 0. The SMILES string of the molecule is Cc1ccc2[nH]c(-c3cc4ccccc4[nH]c3=O)nc2c1. The maximum atomic E-state index is 12.3. The van der Waals surface area contributed by atoms with Crippen molar-refractivity contribution in [3.63, 3.8) is 0 Å². The maximum Gasteiger partial charge on any atom is 0.259 e. The van der Waals surface area contributed by atoms with Crippen LogP contribution in [0.2, 0.25) is 0 Å². The van der Waals surface area contributed by atoms with Gasteiger partial charge in [0, 0.05) is 5.52 Å². The lowest BCUT2D eigenvalue weighted by Crippen LogP contribution is -2.09. The van der Waals surface area contributed by atoms with E-state index in [-0.39, 0.29) is 5.56 Å². The number of aromatic amines is 2. The Kier molecular flexibility index (Phi) is 2.44. The van der Waals surface area contributed by atoms with Crippen LogP contribution in [-0.4, -0.2) is 15.0 Å². The molecule has 4 heteroatoms. The number of imidazole rings is 1. The summed E-state index contributed by atoms with van der Waals surface area (Å²) in [4.78, 5) is 22.9. The summed E-state index contributed by atoms with van der Waals surface area (Å²) in [5.41, 5.74) is 4.21. The van der Waals surface area contributed by atoms with Gasteiger partial charge in [-0.3, -0.25) is 4.79 Å². The quantitative estimate of drug-likeness (QED) is 0.559. The van der Waals surface area contributed by atoms with E-state index in [2.05, 4.69) is 15.0 Å². The molecule has 0 amide bonds. The number of H-pyrrole nitrogens is 2. The van der Waals surface area contributed by atoms with Crippen LogP contribution in [0.1, 0.15) is 5.56 Å². The van der Waals surface area contributed by atoms with E-state index in [4.69, 9.17) is 0 Å². The maximum absolute atomic E-state index is 12.3. The Morgan fingerprint density at radius 2 is 1.81 bits per heavy atom. The first kappa shape index (κ1) is 11.9. The molecule has 102 valence electrons. The molecule has 0 saturated heterocycles. The molecule has 4 rings (SSSR count). The minimum atomic E-state index is -0.135. The van der Waals surface area contributed by atoms with Gasteiger partial charge in [0.05, 0.1) is 16.6 Å². The minimum Gasteiger partial charge on any atom is -0.338 e. The highest BCUT2D eigenvalue weighted by Crippen LogP contribution is 2.21. The molecule has 0 aliphatic heterocycles. The van der Waals surface area contributed by atoms with Gasteiger partial charge < -0.3 is 9.97 Å². The number of hydrogen-bond acceptors (Lipinski definition) is 2. The molecule has 21 heavy (non-hydrogen) atoms. The second-order valence-electron chi connectivity index (χ2n) is 5.21. The molecule has 2 N–H and O–H groups in total. The molecule has 0 fully saturated rings. The van der Waals surface area contributed by atoms with Gasteiger partial charge in [-0.25, -0.2) is 4.98 Å². The third kappa shape index (κ3) is 1.92. The van der Waals surface area contributed by atoms with E-state index in [0.717, 1.165) is 27.5 Å². The van der Waals surface area contributed by atoms with E-state index in [0.29, 0.717) is 11.4 Å². The first-order valence-electron chi connectivity index (χ1n) is 6.79. The highest BCUT2D eigenvalue weighted by molar-refractivity contribution is 5.85. The molecule has 0 bridgehead atoms. The van der Waals surface area contributed by atoms with Crippen molar-refractivity contribution in [1.29, 1.82) is 0 Å². The molecule has 0 radical (unpaired) electrons. The Balaban J connectivity index is 1.99. The highest BCUT2D eigenvalue weighted by Gasteiger charge is 2.10. The van der Waals surface area contributed by atoms with Gasteiger partial charge in [0.1, 0.15) is 5.82 Å². The molecule has 2 aromatic carbocycles. The van der Waals surface area contributed by atoms with Crippen LogP contribution < -0.4 is 5.56 Å². The van der Waals surface area contributed by atoms with Gasteiger partial charge >= 0.3 is 0 Å². The third-order valence-corrected chi connectivity index (χ3v) is 3.65. The van der Waals surface area contributed by atoms with Crippen molar-refractivity contribution in [3.8, 4) is 11.4 Å². The van der Waals surface area contributed by atoms with Crippen molar-refractivity contribution in [2.75, 3.05) is 0 Å². The fourth-order valence-electron chi connectivity index (χ4n) is 2.57. The van der Waals surface area contributed by atoms with Gasteiger partial charge in [0.25, 0.3) is 5.56 Å². The second-order valence-corrected chi connectivity index (χ2v) is 5.21. The molecule has 0 aliphatic rings.